The Morgan fingerprint density at radius 2 is 1.80 bits per heavy atom. The molecule has 2 aromatic heterocycles. The van der Waals surface area contributed by atoms with Crippen molar-refractivity contribution in [3.8, 4) is 0 Å². The van der Waals surface area contributed by atoms with Crippen molar-refractivity contribution in [3.05, 3.63) is 40.7 Å². The van der Waals surface area contributed by atoms with Gasteiger partial charge in [0.05, 0.1) is 40.5 Å². The second-order valence-electron chi connectivity index (χ2n) is 12.3. The lowest BCUT2D eigenvalue weighted by atomic mass is 9.74. The second kappa shape index (κ2) is 9.97. The van der Waals surface area contributed by atoms with Crippen LogP contribution in [0.1, 0.15) is 93.2 Å². The van der Waals surface area contributed by atoms with E-state index >= 15 is 0 Å². The number of fused-ring (bicyclic) bond motifs is 1. The van der Waals surface area contributed by atoms with Crippen LogP contribution in [0.4, 0.5) is 13.2 Å². The van der Waals surface area contributed by atoms with Gasteiger partial charge in [0, 0.05) is 12.2 Å². The molecule has 0 bridgehead atoms. The van der Waals surface area contributed by atoms with E-state index in [-0.39, 0.29) is 54.4 Å². The van der Waals surface area contributed by atoms with Crippen molar-refractivity contribution in [2.45, 2.75) is 83.7 Å². The smallest absolute Gasteiger partial charge is 0.433 e. The average Bonchev–Trinajstić information content (AvgIpc) is 3.31. The molecule has 1 amide bonds. The first-order valence-corrected chi connectivity index (χ1v) is 13.9. The normalized spacial score (nSPS) is 30.0. The zero-order valence-electron chi connectivity index (χ0n) is 22.5. The topological polar surface area (TPSA) is 121 Å². The van der Waals surface area contributed by atoms with Crippen molar-refractivity contribution in [1.82, 2.24) is 24.6 Å². The average molecular weight is 584 g/mol. The van der Waals surface area contributed by atoms with Gasteiger partial charge in [-0.2, -0.15) is 18.3 Å². The third-order valence-electron chi connectivity index (χ3n) is 9.64. The number of aliphatic hydroxyl groups excluding tert-OH is 1. The van der Waals surface area contributed by atoms with Crippen molar-refractivity contribution < 1.29 is 33.0 Å². The fraction of sp³-hybridized carbons (Fsp3) is 0.667. The summed E-state index contributed by atoms with van der Waals surface area (Å²) in [7, 11) is 0. The second-order valence-corrected chi connectivity index (χ2v) is 12.7. The molecule has 0 saturated heterocycles. The Labute approximate surface area is 234 Å². The van der Waals surface area contributed by atoms with Gasteiger partial charge in [-0.1, -0.05) is 25.4 Å². The summed E-state index contributed by atoms with van der Waals surface area (Å²) in [6.45, 7) is 5.59. The Morgan fingerprint density at radius 3 is 2.35 bits per heavy atom. The van der Waals surface area contributed by atoms with Crippen LogP contribution in [0.2, 0.25) is 5.02 Å². The van der Waals surface area contributed by atoms with Crippen LogP contribution >= 0.6 is 11.6 Å². The van der Waals surface area contributed by atoms with Gasteiger partial charge in [0.2, 0.25) is 0 Å². The molecular weight excluding hydrogens is 551 g/mol. The highest BCUT2D eigenvalue weighted by molar-refractivity contribution is 6.31. The molecule has 2 N–H and O–H groups in total. The number of alkyl halides is 3. The first kappa shape index (κ1) is 28.8. The fourth-order valence-electron chi connectivity index (χ4n) is 6.90. The number of hydrogen-bond acceptors (Lipinski definition) is 6. The minimum absolute atomic E-state index is 0.0901. The number of carbonyl (C=O) groups excluding carboxylic acids is 1. The van der Waals surface area contributed by atoms with Gasteiger partial charge in [-0.15, -0.1) is 0 Å². The van der Waals surface area contributed by atoms with Crippen molar-refractivity contribution in [2.75, 3.05) is 6.54 Å². The van der Waals surface area contributed by atoms with Crippen LogP contribution in [0.25, 0.3) is 0 Å². The highest BCUT2D eigenvalue weighted by atomic mass is 35.5. The van der Waals surface area contributed by atoms with Crippen molar-refractivity contribution >= 4 is 23.5 Å². The van der Waals surface area contributed by atoms with Gasteiger partial charge < -0.3 is 15.1 Å². The molecule has 0 spiro atoms. The van der Waals surface area contributed by atoms with E-state index in [1.807, 2.05) is 0 Å². The van der Waals surface area contributed by atoms with Crippen LogP contribution in [0, 0.1) is 22.7 Å². The molecule has 3 aliphatic carbocycles. The quantitative estimate of drug-likeness (QED) is 0.462. The Hall–Kier alpha value is -2.73. The molecule has 4 atom stereocenters. The van der Waals surface area contributed by atoms with Crippen LogP contribution in [0.5, 0.6) is 0 Å². The molecule has 9 nitrogen and oxygen atoms in total. The molecule has 2 heterocycles. The van der Waals surface area contributed by atoms with Crippen molar-refractivity contribution in [2.24, 2.45) is 22.7 Å². The van der Waals surface area contributed by atoms with E-state index in [4.69, 9.17) is 11.6 Å². The van der Waals surface area contributed by atoms with Gasteiger partial charge in [0.1, 0.15) is 12.4 Å². The number of nitrogens with zero attached hydrogens (tertiary/aromatic N) is 5. The molecule has 5 rings (SSSR count). The lowest BCUT2D eigenvalue weighted by Crippen LogP contribution is -2.43. The van der Waals surface area contributed by atoms with E-state index in [1.165, 1.54) is 17.4 Å². The number of carboxylic acid groups (broad SMARTS) is 1. The number of hydrogen-bond donors (Lipinski definition) is 2. The molecule has 3 aliphatic rings. The summed E-state index contributed by atoms with van der Waals surface area (Å²) in [5, 5.41) is 24.6. The predicted octanol–water partition coefficient (Wildman–Crippen LogP) is 5.16. The molecular formula is C27H33ClF3N5O4. The predicted molar refractivity (Wildman–Crippen MR) is 137 cm³/mol. The largest absolute Gasteiger partial charge is 0.481 e. The fourth-order valence-corrected chi connectivity index (χ4v) is 7.13. The number of carbonyl (C=O) groups is 2. The zero-order valence-corrected chi connectivity index (χ0v) is 23.3. The molecule has 40 heavy (non-hydrogen) atoms. The van der Waals surface area contributed by atoms with Crippen molar-refractivity contribution in [1.29, 1.82) is 0 Å². The lowest BCUT2D eigenvalue weighted by molar-refractivity contribution is -0.152. The van der Waals surface area contributed by atoms with E-state index in [0.717, 1.165) is 10.9 Å². The maximum atomic E-state index is 14.5. The van der Waals surface area contributed by atoms with Crippen molar-refractivity contribution in [3.63, 3.8) is 0 Å². The molecule has 3 fully saturated rings. The molecule has 0 aliphatic heterocycles. The summed E-state index contributed by atoms with van der Waals surface area (Å²) in [6.07, 6.45) is -0.722. The van der Waals surface area contributed by atoms with E-state index in [1.54, 1.807) is 6.92 Å². The van der Waals surface area contributed by atoms with Gasteiger partial charge >= 0.3 is 12.1 Å². The number of carboxylic acids is 1. The van der Waals surface area contributed by atoms with E-state index in [0.29, 0.717) is 24.7 Å². The van der Waals surface area contributed by atoms with E-state index < -0.39 is 46.9 Å². The lowest BCUT2D eigenvalue weighted by Gasteiger charge is -2.35. The summed E-state index contributed by atoms with van der Waals surface area (Å²) in [6, 6.07) is -1.05. The Balaban J connectivity index is 1.46. The SMILES string of the molecule is CC1(C)[C@@H]2C[C@H](N(CC(O)c3ncncc3Cl)C(=O)c3cnn([C@H]4CC[C@](C)(C(=O)O)CC4)c3C(F)(F)F)C[C@@H]21. The minimum Gasteiger partial charge on any atom is -0.481 e. The van der Waals surface area contributed by atoms with Crippen LogP contribution < -0.4 is 0 Å². The van der Waals surface area contributed by atoms with Crippen LogP contribution in [-0.2, 0) is 11.0 Å². The summed E-state index contributed by atoms with van der Waals surface area (Å²) in [5.41, 5.74) is -2.53. The van der Waals surface area contributed by atoms with Gasteiger partial charge in [-0.3, -0.25) is 14.3 Å². The highest BCUT2D eigenvalue weighted by Crippen LogP contribution is 2.67. The van der Waals surface area contributed by atoms with Crippen LogP contribution in [-0.4, -0.2) is 59.3 Å². The zero-order chi connectivity index (χ0) is 29.2. The Kier molecular flexibility index (Phi) is 7.18. The summed E-state index contributed by atoms with van der Waals surface area (Å²) < 4.78 is 44.4. The standard InChI is InChI=1S/C27H33ClF3N5O4/c1-25(2)17-8-15(9-18(17)25)35(12-20(37)21-19(28)11-32-13-33-21)23(38)16-10-34-36(22(16)27(29,30)31)14-4-6-26(3,7-5-14)24(39)40/h10-11,13-15,17-18,20,37H,4-9,12H2,1-3H3,(H,39,40)/t14-,15-,17+,18-,20?,26-. The molecule has 1 unspecified atom stereocenters. The van der Waals surface area contributed by atoms with Gasteiger partial charge in [0.15, 0.2) is 5.69 Å². The number of halogens is 4. The summed E-state index contributed by atoms with van der Waals surface area (Å²) in [5.74, 6) is -1.14. The maximum absolute atomic E-state index is 14.5. The van der Waals surface area contributed by atoms with Crippen LogP contribution in [0.15, 0.2) is 18.7 Å². The Bertz CT molecular complexity index is 1290. The number of amides is 1. The van der Waals surface area contributed by atoms with Crippen LogP contribution in [0.3, 0.4) is 0 Å². The van der Waals surface area contributed by atoms with E-state index in [2.05, 4.69) is 28.9 Å². The number of rotatable bonds is 7. The van der Waals surface area contributed by atoms with Gasteiger partial charge in [0.25, 0.3) is 5.91 Å². The molecule has 0 aromatic carbocycles. The minimum atomic E-state index is -4.88. The Morgan fingerprint density at radius 1 is 1.18 bits per heavy atom. The van der Waals surface area contributed by atoms with Gasteiger partial charge in [-0.05, 0) is 62.7 Å². The highest BCUT2D eigenvalue weighted by Gasteiger charge is 2.63. The molecule has 0 radical (unpaired) electrons. The van der Waals surface area contributed by atoms with E-state index in [9.17, 15) is 33.0 Å². The summed E-state index contributed by atoms with van der Waals surface area (Å²) in [4.78, 5) is 34.7. The summed E-state index contributed by atoms with van der Waals surface area (Å²) >= 11 is 6.15. The number of aromatic nitrogens is 4. The molecule has 3 saturated carbocycles. The monoisotopic (exact) mass is 583 g/mol. The maximum Gasteiger partial charge on any atom is 0.433 e. The third kappa shape index (κ3) is 4.97. The first-order chi connectivity index (χ1) is 18.6. The third-order valence-corrected chi connectivity index (χ3v) is 9.93. The number of aliphatic hydroxyl groups is 1. The molecule has 2 aromatic rings. The molecule has 218 valence electrons. The first-order valence-electron chi connectivity index (χ1n) is 13.5. The number of aliphatic carboxylic acids is 1. The molecule has 13 heteroatoms. The van der Waals surface area contributed by atoms with Gasteiger partial charge in [-0.25, -0.2) is 9.97 Å².